The predicted molar refractivity (Wildman–Crippen MR) is 58.5 cm³/mol. The maximum Gasteiger partial charge on any atom is 0.267 e. The summed E-state index contributed by atoms with van der Waals surface area (Å²) in [6, 6.07) is 1.64. The second-order valence-corrected chi connectivity index (χ2v) is 3.46. The molecular weight excluding hydrogens is 194 g/mol. The minimum absolute atomic E-state index is 0.132. The first-order chi connectivity index (χ1) is 7.15. The molecular formula is C10H17N3O2. The summed E-state index contributed by atoms with van der Waals surface area (Å²) in [5.74, 6) is -0.132. The van der Waals surface area contributed by atoms with E-state index in [1.165, 1.54) is 0 Å². The molecule has 1 aromatic rings. The van der Waals surface area contributed by atoms with Gasteiger partial charge >= 0.3 is 0 Å². The van der Waals surface area contributed by atoms with Gasteiger partial charge in [0.2, 0.25) is 0 Å². The number of anilines is 1. The molecule has 5 heteroatoms. The number of aromatic nitrogens is 1. The lowest BCUT2D eigenvalue weighted by Crippen LogP contribution is -2.26. The van der Waals surface area contributed by atoms with Gasteiger partial charge < -0.3 is 20.7 Å². The van der Waals surface area contributed by atoms with Crippen molar-refractivity contribution in [1.29, 1.82) is 0 Å². The molecule has 0 saturated heterocycles. The Hall–Kier alpha value is -1.49. The van der Waals surface area contributed by atoms with Crippen molar-refractivity contribution in [2.45, 2.75) is 12.8 Å². The Morgan fingerprint density at radius 1 is 1.60 bits per heavy atom. The molecule has 1 rings (SSSR count). The van der Waals surface area contributed by atoms with Crippen molar-refractivity contribution in [2.75, 3.05) is 18.9 Å². The first-order valence-corrected chi connectivity index (χ1v) is 4.96. The molecule has 1 heterocycles. The van der Waals surface area contributed by atoms with Crippen LogP contribution in [0, 0.1) is 0 Å². The zero-order chi connectivity index (χ0) is 11.3. The summed E-state index contributed by atoms with van der Waals surface area (Å²) in [6.07, 6.45) is 3.18. The van der Waals surface area contributed by atoms with Gasteiger partial charge in [0.15, 0.2) is 0 Å². The molecule has 0 radical (unpaired) electrons. The Morgan fingerprint density at radius 2 is 2.33 bits per heavy atom. The lowest BCUT2D eigenvalue weighted by Gasteiger charge is -2.04. The first-order valence-electron chi connectivity index (χ1n) is 4.96. The number of amides is 1. The molecule has 15 heavy (non-hydrogen) atoms. The third-order valence-electron chi connectivity index (χ3n) is 2.13. The highest BCUT2D eigenvalue weighted by Crippen LogP contribution is 2.08. The number of aryl methyl sites for hydroxylation is 1. The molecule has 0 bridgehead atoms. The van der Waals surface area contributed by atoms with Crippen molar-refractivity contribution in [3.8, 4) is 0 Å². The number of nitrogens with zero attached hydrogens (tertiary/aromatic N) is 1. The highest BCUT2D eigenvalue weighted by atomic mass is 16.2. The van der Waals surface area contributed by atoms with Crippen LogP contribution < -0.4 is 11.1 Å². The van der Waals surface area contributed by atoms with Crippen molar-refractivity contribution >= 4 is 11.6 Å². The first kappa shape index (κ1) is 11.6. The number of nitrogens with one attached hydrogen (secondary N) is 1. The van der Waals surface area contributed by atoms with Gasteiger partial charge in [-0.25, -0.2) is 0 Å². The largest absolute Gasteiger partial charge is 0.397 e. The van der Waals surface area contributed by atoms with Gasteiger partial charge in [-0.1, -0.05) is 0 Å². The van der Waals surface area contributed by atoms with Gasteiger partial charge in [0.25, 0.3) is 5.91 Å². The summed E-state index contributed by atoms with van der Waals surface area (Å²) in [6.45, 7) is 0.734. The van der Waals surface area contributed by atoms with Crippen LogP contribution in [-0.4, -0.2) is 28.7 Å². The lowest BCUT2D eigenvalue weighted by molar-refractivity contribution is 0.0944. The predicted octanol–water partition coefficient (Wildman–Crippen LogP) is 0.110. The number of nitrogens with two attached hydrogens (primary N) is 1. The van der Waals surface area contributed by atoms with Crippen LogP contribution in [0.5, 0.6) is 0 Å². The standard InChI is InChI=1S/C10H17N3O2/c1-13-7-8(11)6-9(13)10(15)12-4-2-3-5-14/h6-7,14H,2-5,11H2,1H3,(H,12,15). The van der Waals surface area contributed by atoms with E-state index in [1.54, 1.807) is 23.9 Å². The molecule has 0 aliphatic carbocycles. The van der Waals surface area contributed by atoms with E-state index in [0.717, 1.165) is 6.42 Å². The topological polar surface area (TPSA) is 80.3 Å². The Bertz CT molecular complexity index is 333. The summed E-state index contributed by atoms with van der Waals surface area (Å²) in [5.41, 5.74) is 6.69. The van der Waals surface area contributed by atoms with E-state index in [9.17, 15) is 4.79 Å². The SMILES string of the molecule is Cn1cc(N)cc1C(=O)NCCCCO. The zero-order valence-corrected chi connectivity index (χ0v) is 8.86. The Kier molecular flexibility index (Phi) is 4.17. The molecule has 4 N–H and O–H groups in total. The Labute approximate surface area is 88.9 Å². The molecule has 5 nitrogen and oxygen atoms in total. The zero-order valence-electron chi connectivity index (χ0n) is 8.86. The van der Waals surface area contributed by atoms with E-state index >= 15 is 0 Å². The average Bonchev–Trinajstić information content (AvgIpc) is 2.52. The number of rotatable bonds is 5. The van der Waals surface area contributed by atoms with Crippen molar-refractivity contribution in [3.63, 3.8) is 0 Å². The van der Waals surface area contributed by atoms with Crippen LogP contribution in [0.1, 0.15) is 23.3 Å². The van der Waals surface area contributed by atoms with E-state index in [1.807, 2.05) is 0 Å². The van der Waals surface area contributed by atoms with Gasteiger partial charge in [-0.15, -0.1) is 0 Å². The van der Waals surface area contributed by atoms with Crippen LogP contribution in [-0.2, 0) is 7.05 Å². The third kappa shape index (κ3) is 3.28. The van der Waals surface area contributed by atoms with Crippen LogP contribution in [0.15, 0.2) is 12.3 Å². The summed E-state index contributed by atoms with van der Waals surface area (Å²) in [7, 11) is 1.78. The van der Waals surface area contributed by atoms with Crippen LogP contribution in [0.2, 0.25) is 0 Å². The van der Waals surface area contributed by atoms with Crippen molar-refractivity contribution < 1.29 is 9.90 Å². The summed E-state index contributed by atoms with van der Waals surface area (Å²) in [4.78, 5) is 11.6. The van der Waals surface area contributed by atoms with E-state index in [0.29, 0.717) is 24.3 Å². The lowest BCUT2D eigenvalue weighted by atomic mass is 10.3. The minimum Gasteiger partial charge on any atom is -0.397 e. The van der Waals surface area contributed by atoms with E-state index < -0.39 is 0 Å². The third-order valence-corrected chi connectivity index (χ3v) is 2.13. The van der Waals surface area contributed by atoms with Crippen molar-refractivity contribution in [2.24, 2.45) is 7.05 Å². The highest BCUT2D eigenvalue weighted by molar-refractivity contribution is 5.93. The van der Waals surface area contributed by atoms with E-state index in [4.69, 9.17) is 10.8 Å². The average molecular weight is 211 g/mol. The van der Waals surface area contributed by atoms with Crippen molar-refractivity contribution in [1.82, 2.24) is 9.88 Å². The maximum atomic E-state index is 11.6. The second kappa shape index (κ2) is 5.41. The number of nitrogen functional groups attached to an aromatic ring is 1. The number of aliphatic hydroxyl groups is 1. The van der Waals surface area contributed by atoms with Gasteiger partial charge in [0.05, 0.1) is 5.69 Å². The molecule has 0 fully saturated rings. The summed E-state index contributed by atoms with van der Waals surface area (Å²) in [5, 5.41) is 11.3. The number of unbranched alkanes of at least 4 members (excludes halogenated alkanes) is 1. The Morgan fingerprint density at radius 3 is 2.87 bits per heavy atom. The summed E-state index contributed by atoms with van der Waals surface area (Å²) >= 11 is 0. The fourth-order valence-electron chi connectivity index (χ4n) is 1.35. The quantitative estimate of drug-likeness (QED) is 0.605. The smallest absolute Gasteiger partial charge is 0.267 e. The van der Waals surface area contributed by atoms with Gasteiger partial charge in [-0.2, -0.15) is 0 Å². The molecule has 1 aromatic heterocycles. The fourth-order valence-corrected chi connectivity index (χ4v) is 1.35. The molecule has 0 saturated carbocycles. The van der Waals surface area contributed by atoms with Crippen molar-refractivity contribution in [3.05, 3.63) is 18.0 Å². The molecule has 0 aromatic carbocycles. The normalized spacial score (nSPS) is 10.3. The van der Waals surface area contributed by atoms with Crippen LogP contribution in [0.4, 0.5) is 5.69 Å². The second-order valence-electron chi connectivity index (χ2n) is 3.46. The Balaban J connectivity index is 2.43. The highest BCUT2D eigenvalue weighted by Gasteiger charge is 2.09. The van der Waals surface area contributed by atoms with Crippen LogP contribution >= 0.6 is 0 Å². The molecule has 84 valence electrons. The molecule has 0 aliphatic heterocycles. The molecule has 0 unspecified atom stereocenters. The maximum absolute atomic E-state index is 11.6. The number of hydrogen-bond donors (Lipinski definition) is 3. The minimum atomic E-state index is -0.132. The van der Waals surface area contributed by atoms with Gasteiger partial charge in [-0.05, 0) is 18.9 Å². The van der Waals surface area contributed by atoms with E-state index in [2.05, 4.69) is 5.32 Å². The van der Waals surface area contributed by atoms with Crippen LogP contribution in [0.3, 0.4) is 0 Å². The molecule has 0 atom stereocenters. The summed E-state index contributed by atoms with van der Waals surface area (Å²) < 4.78 is 1.69. The molecule has 0 spiro atoms. The fraction of sp³-hybridized carbons (Fsp3) is 0.500. The van der Waals surface area contributed by atoms with Crippen LogP contribution in [0.25, 0.3) is 0 Å². The van der Waals surface area contributed by atoms with Gasteiger partial charge in [0.1, 0.15) is 5.69 Å². The number of carbonyl (C=O) groups excluding carboxylic acids is 1. The van der Waals surface area contributed by atoms with Gasteiger partial charge in [-0.3, -0.25) is 4.79 Å². The number of aliphatic hydroxyl groups excluding tert-OH is 1. The number of carbonyl (C=O) groups is 1. The monoisotopic (exact) mass is 211 g/mol. The molecule has 1 amide bonds. The number of hydrogen-bond acceptors (Lipinski definition) is 3. The molecule has 0 aliphatic rings. The van der Waals surface area contributed by atoms with E-state index in [-0.39, 0.29) is 12.5 Å². The van der Waals surface area contributed by atoms with Gasteiger partial charge in [0, 0.05) is 26.4 Å².